The highest BCUT2D eigenvalue weighted by atomic mass is 16.4. The van der Waals surface area contributed by atoms with Gasteiger partial charge in [-0.15, -0.1) is 0 Å². The van der Waals surface area contributed by atoms with Gasteiger partial charge in [-0.05, 0) is 25.7 Å². The largest absolute Gasteiger partial charge is 0.481 e. The number of amides is 1. The molecule has 0 radical (unpaired) electrons. The maximum Gasteiger partial charge on any atom is 0.307 e. The Morgan fingerprint density at radius 1 is 1.17 bits per heavy atom. The van der Waals surface area contributed by atoms with E-state index in [-0.39, 0.29) is 11.8 Å². The van der Waals surface area contributed by atoms with Gasteiger partial charge in [0.1, 0.15) is 0 Å². The number of hydrogen-bond donors (Lipinski definition) is 1. The average molecular weight is 255 g/mol. The van der Waals surface area contributed by atoms with Crippen LogP contribution in [-0.2, 0) is 9.59 Å². The third-order valence-corrected chi connectivity index (χ3v) is 4.24. The van der Waals surface area contributed by atoms with Gasteiger partial charge in [-0.3, -0.25) is 9.59 Å². The summed E-state index contributed by atoms with van der Waals surface area (Å²) in [5.41, 5.74) is 0. The quantitative estimate of drug-likeness (QED) is 0.760. The second-order valence-corrected chi connectivity index (χ2v) is 5.19. The minimum Gasteiger partial charge on any atom is -0.481 e. The molecular weight excluding hydrogens is 230 g/mol. The molecule has 4 heteroatoms. The van der Waals surface area contributed by atoms with E-state index in [1.165, 1.54) is 0 Å². The fourth-order valence-electron chi connectivity index (χ4n) is 2.56. The molecule has 0 saturated heterocycles. The Hall–Kier alpha value is -1.06. The fraction of sp³-hybridized carbons (Fsp3) is 0.857. The molecule has 1 aliphatic rings. The molecule has 2 unspecified atom stereocenters. The summed E-state index contributed by atoms with van der Waals surface area (Å²) in [4.78, 5) is 25.1. The van der Waals surface area contributed by atoms with Crippen molar-refractivity contribution in [2.75, 3.05) is 13.1 Å². The number of aliphatic carboxylic acids is 1. The zero-order valence-corrected chi connectivity index (χ0v) is 11.7. The molecule has 0 aromatic rings. The second kappa shape index (κ2) is 6.76. The van der Waals surface area contributed by atoms with E-state index >= 15 is 0 Å². The molecule has 1 saturated carbocycles. The van der Waals surface area contributed by atoms with Crippen LogP contribution in [0.3, 0.4) is 0 Å². The zero-order chi connectivity index (χ0) is 13.7. The number of carboxylic acids is 1. The van der Waals surface area contributed by atoms with Gasteiger partial charge in [-0.25, -0.2) is 0 Å². The van der Waals surface area contributed by atoms with Gasteiger partial charge in [0.25, 0.3) is 0 Å². The first-order valence-electron chi connectivity index (χ1n) is 7.06. The third kappa shape index (κ3) is 3.24. The summed E-state index contributed by atoms with van der Waals surface area (Å²) < 4.78 is 0. The van der Waals surface area contributed by atoms with E-state index in [0.717, 1.165) is 25.8 Å². The standard InChI is InChI=1S/C14H25NO3/c1-4-10(5-2)9-15(6-3)13(16)11-7-8-12(11)14(17)18/h10-12H,4-9H2,1-3H3,(H,17,18). The van der Waals surface area contributed by atoms with Gasteiger partial charge >= 0.3 is 5.97 Å². The molecule has 1 rings (SSSR count). The summed E-state index contributed by atoms with van der Waals surface area (Å²) in [6.07, 6.45) is 3.50. The monoisotopic (exact) mass is 255 g/mol. The predicted molar refractivity (Wildman–Crippen MR) is 70.2 cm³/mol. The Bertz CT molecular complexity index is 299. The number of carbonyl (C=O) groups is 2. The molecule has 0 heterocycles. The Balaban J connectivity index is 2.59. The Morgan fingerprint density at radius 3 is 2.06 bits per heavy atom. The minimum absolute atomic E-state index is 0.0445. The lowest BCUT2D eigenvalue weighted by Gasteiger charge is -2.37. The molecule has 104 valence electrons. The van der Waals surface area contributed by atoms with Crippen LogP contribution in [0.25, 0.3) is 0 Å². The molecule has 1 fully saturated rings. The number of carboxylic acid groups (broad SMARTS) is 1. The smallest absolute Gasteiger partial charge is 0.307 e. The third-order valence-electron chi connectivity index (χ3n) is 4.24. The van der Waals surface area contributed by atoms with Gasteiger partial charge in [-0.2, -0.15) is 0 Å². The molecule has 1 amide bonds. The fourth-order valence-corrected chi connectivity index (χ4v) is 2.56. The Kier molecular flexibility index (Phi) is 5.63. The molecule has 18 heavy (non-hydrogen) atoms. The van der Waals surface area contributed by atoms with Crippen molar-refractivity contribution in [2.45, 2.75) is 46.5 Å². The SMILES string of the molecule is CCC(CC)CN(CC)C(=O)C1CCC1C(=O)O. The van der Waals surface area contributed by atoms with Crippen molar-refractivity contribution in [3.05, 3.63) is 0 Å². The number of nitrogens with zero attached hydrogens (tertiary/aromatic N) is 1. The van der Waals surface area contributed by atoms with Gasteiger partial charge in [-0.1, -0.05) is 26.7 Å². The molecule has 0 spiro atoms. The normalized spacial score (nSPS) is 22.7. The number of hydrogen-bond acceptors (Lipinski definition) is 2. The molecule has 0 aliphatic heterocycles. The van der Waals surface area contributed by atoms with E-state index in [4.69, 9.17) is 5.11 Å². The van der Waals surface area contributed by atoms with Crippen LogP contribution in [0, 0.1) is 17.8 Å². The van der Waals surface area contributed by atoms with E-state index in [1.807, 2.05) is 11.8 Å². The van der Waals surface area contributed by atoms with Crippen molar-refractivity contribution in [1.29, 1.82) is 0 Å². The van der Waals surface area contributed by atoms with E-state index in [0.29, 0.717) is 18.9 Å². The lowest BCUT2D eigenvalue weighted by Crippen LogP contribution is -2.47. The first kappa shape index (κ1) is 15.0. The minimum atomic E-state index is -0.821. The highest BCUT2D eigenvalue weighted by Gasteiger charge is 2.42. The first-order chi connectivity index (χ1) is 8.54. The Labute approximate surface area is 109 Å². The zero-order valence-electron chi connectivity index (χ0n) is 11.7. The van der Waals surface area contributed by atoms with Crippen molar-refractivity contribution < 1.29 is 14.7 Å². The molecule has 0 aromatic heterocycles. The van der Waals surface area contributed by atoms with Gasteiger partial charge in [0.05, 0.1) is 11.8 Å². The predicted octanol–water partition coefficient (Wildman–Crippen LogP) is 2.38. The molecule has 2 atom stereocenters. The highest BCUT2D eigenvalue weighted by molar-refractivity contribution is 5.86. The maximum absolute atomic E-state index is 12.3. The van der Waals surface area contributed by atoms with E-state index in [9.17, 15) is 9.59 Å². The van der Waals surface area contributed by atoms with E-state index < -0.39 is 11.9 Å². The van der Waals surface area contributed by atoms with E-state index in [1.54, 1.807) is 0 Å². The Morgan fingerprint density at radius 2 is 1.72 bits per heavy atom. The average Bonchev–Trinajstić information content (AvgIpc) is 2.28. The lowest BCUT2D eigenvalue weighted by atomic mass is 9.73. The summed E-state index contributed by atoms with van der Waals surface area (Å²) in [5.74, 6) is -0.983. The van der Waals surface area contributed by atoms with Crippen LogP contribution in [0.4, 0.5) is 0 Å². The first-order valence-corrected chi connectivity index (χ1v) is 7.06. The van der Waals surface area contributed by atoms with Crippen molar-refractivity contribution in [3.8, 4) is 0 Å². The topological polar surface area (TPSA) is 57.6 Å². The summed E-state index contributed by atoms with van der Waals surface area (Å²) in [6, 6.07) is 0. The van der Waals surface area contributed by atoms with Crippen LogP contribution in [0.15, 0.2) is 0 Å². The summed E-state index contributed by atoms with van der Waals surface area (Å²) in [5, 5.41) is 9.01. The molecule has 1 N–H and O–H groups in total. The van der Waals surface area contributed by atoms with Crippen molar-refractivity contribution in [2.24, 2.45) is 17.8 Å². The van der Waals surface area contributed by atoms with Crippen LogP contribution >= 0.6 is 0 Å². The van der Waals surface area contributed by atoms with Crippen LogP contribution in [0.2, 0.25) is 0 Å². The van der Waals surface area contributed by atoms with Gasteiger partial charge in [0.15, 0.2) is 0 Å². The van der Waals surface area contributed by atoms with Gasteiger partial charge < -0.3 is 10.0 Å². The van der Waals surface area contributed by atoms with Crippen molar-refractivity contribution in [3.63, 3.8) is 0 Å². The van der Waals surface area contributed by atoms with Crippen molar-refractivity contribution >= 4 is 11.9 Å². The lowest BCUT2D eigenvalue weighted by molar-refractivity contribution is -0.156. The maximum atomic E-state index is 12.3. The second-order valence-electron chi connectivity index (χ2n) is 5.19. The summed E-state index contributed by atoms with van der Waals surface area (Å²) in [7, 11) is 0. The van der Waals surface area contributed by atoms with Crippen LogP contribution in [0.5, 0.6) is 0 Å². The van der Waals surface area contributed by atoms with Gasteiger partial charge in [0, 0.05) is 13.1 Å². The molecular formula is C14H25NO3. The summed E-state index contributed by atoms with van der Waals surface area (Å²) in [6.45, 7) is 7.68. The van der Waals surface area contributed by atoms with Crippen LogP contribution < -0.4 is 0 Å². The number of rotatable bonds is 7. The van der Waals surface area contributed by atoms with Gasteiger partial charge in [0.2, 0.25) is 5.91 Å². The molecule has 0 bridgehead atoms. The van der Waals surface area contributed by atoms with Crippen LogP contribution in [-0.4, -0.2) is 35.0 Å². The van der Waals surface area contributed by atoms with Crippen molar-refractivity contribution in [1.82, 2.24) is 4.90 Å². The summed E-state index contributed by atoms with van der Waals surface area (Å²) >= 11 is 0. The highest BCUT2D eigenvalue weighted by Crippen LogP contribution is 2.36. The molecule has 0 aromatic carbocycles. The molecule has 4 nitrogen and oxygen atoms in total. The van der Waals surface area contributed by atoms with E-state index in [2.05, 4.69) is 13.8 Å². The number of carbonyl (C=O) groups excluding carboxylic acids is 1. The van der Waals surface area contributed by atoms with Crippen LogP contribution in [0.1, 0.15) is 46.5 Å². The molecule has 1 aliphatic carbocycles.